The van der Waals surface area contributed by atoms with Crippen LogP contribution in [0.1, 0.15) is 13.8 Å². The Morgan fingerprint density at radius 1 is 0.156 bits per heavy atom. The maximum atomic E-state index is 2.46. The number of hydrogen-bond acceptors (Lipinski definition) is 0. The first-order chi connectivity index (χ1) is 44.6. The fraction of sp³-hybridized carbons (Fsp3) is 0.0227. The molecule has 0 bridgehead atoms. The molecule has 15 aromatic carbocycles. The summed E-state index contributed by atoms with van der Waals surface area (Å²) >= 11 is 0. The van der Waals surface area contributed by atoms with Crippen molar-refractivity contribution >= 4 is 65.2 Å². The first-order valence-electron chi connectivity index (χ1n) is 31.4. The van der Waals surface area contributed by atoms with E-state index in [4.69, 9.17) is 0 Å². The lowest BCUT2D eigenvalue weighted by molar-refractivity contribution is 1.18. The first kappa shape index (κ1) is 53.9. The Hall–Kier alpha value is -11.6. The lowest BCUT2D eigenvalue weighted by Gasteiger charge is -2.18. The molecule has 0 radical (unpaired) electrons. The van der Waals surface area contributed by atoms with Crippen molar-refractivity contribution in [1.29, 1.82) is 0 Å². The maximum Gasteiger partial charge on any atom is 0.0541 e. The molecule has 90 heavy (non-hydrogen) atoms. The lowest BCUT2D eigenvalue weighted by Crippen LogP contribution is -1.95. The molecule has 0 amide bonds. The quantitative estimate of drug-likeness (QED) is 0.121. The Bertz CT molecular complexity index is 4970. The van der Waals surface area contributed by atoms with Gasteiger partial charge in [-0.25, -0.2) is 0 Å². The van der Waals surface area contributed by atoms with Gasteiger partial charge in [0.25, 0.3) is 0 Å². The van der Waals surface area contributed by atoms with Crippen molar-refractivity contribution in [1.82, 2.24) is 9.13 Å². The van der Waals surface area contributed by atoms with E-state index in [1.807, 2.05) is 13.8 Å². The van der Waals surface area contributed by atoms with E-state index in [9.17, 15) is 0 Å². The van der Waals surface area contributed by atoms with Gasteiger partial charge in [-0.2, -0.15) is 0 Å². The summed E-state index contributed by atoms with van der Waals surface area (Å²) in [6.07, 6.45) is 0. The average Bonchev–Trinajstić information content (AvgIpc) is 1.42. The average molecular weight is 1150 g/mol. The fourth-order valence-electron chi connectivity index (χ4n) is 13.8. The van der Waals surface area contributed by atoms with E-state index < -0.39 is 0 Å². The first-order valence-corrected chi connectivity index (χ1v) is 31.4. The Kier molecular flexibility index (Phi) is 13.7. The van der Waals surface area contributed by atoms with Crippen LogP contribution in [0.5, 0.6) is 0 Å². The highest BCUT2D eigenvalue weighted by atomic mass is 15.0. The van der Waals surface area contributed by atoms with Crippen molar-refractivity contribution in [3.8, 4) is 100 Å². The van der Waals surface area contributed by atoms with Crippen LogP contribution in [0.3, 0.4) is 0 Å². The van der Waals surface area contributed by atoms with Crippen LogP contribution in [0.2, 0.25) is 0 Å². The van der Waals surface area contributed by atoms with Crippen molar-refractivity contribution in [2.75, 3.05) is 0 Å². The van der Waals surface area contributed by atoms with Crippen LogP contribution in [0, 0.1) is 0 Å². The third kappa shape index (κ3) is 9.54. The Morgan fingerprint density at radius 2 is 0.400 bits per heavy atom. The summed E-state index contributed by atoms with van der Waals surface area (Å²) in [5, 5.41) is 9.74. The molecule has 0 unspecified atom stereocenters. The van der Waals surface area contributed by atoms with E-state index in [0.717, 1.165) is 33.6 Å². The van der Waals surface area contributed by atoms with E-state index >= 15 is 0 Å². The minimum absolute atomic E-state index is 1.11. The Balaban J connectivity index is 0.00000321. The number of hydrogen-bond donors (Lipinski definition) is 0. The van der Waals surface area contributed by atoms with Gasteiger partial charge >= 0.3 is 0 Å². The zero-order valence-corrected chi connectivity index (χ0v) is 50.2. The van der Waals surface area contributed by atoms with E-state index in [-0.39, 0.29) is 0 Å². The zero-order chi connectivity index (χ0) is 60.1. The number of benzene rings is 15. The molecule has 17 rings (SSSR count). The largest absolute Gasteiger partial charge is 0.309 e. The van der Waals surface area contributed by atoms with Crippen molar-refractivity contribution in [3.63, 3.8) is 0 Å². The van der Waals surface area contributed by atoms with E-state index in [2.05, 4.69) is 349 Å². The summed E-state index contributed by atoms with van der Waals surface area (Å²) in [4.78, 5) is 0. The summed E-state index contributed by atoms with van der Waals surface area (Å²) in [5.74, 6) is 0. The van der Waals surface area contributed by atoms with Crippen molar-refractivity contribution in [3.05, 3.63) is 340 Å². The summed E-state index contributed by atoms with van der Waals surface area (Å²) < 4.78 is 4.92. The van der Waals surface area contributed by atoms with Crippen LogP contribution in [-0.2, 0) is 0 Å². The minimum atomic E-state index is 1.11. The standard InChI is InChI=1S/C86H56N2.C2H6/c1-7-21-57(22-8-1)65-37-43-83-79(49-65)80-50-66(58-23-9-2-10-24-58)38-44-84(80)87(83)71-35-19-33-63(47-71)69-53-75(61-29-15-5-16-30-61)73-41-42-74-76(62-31-17-6-18-32-62)54-70(56-78(74)77(73)55-69)64-34-20-36-72(48-64)88-85-45-39-67(59-25-11-3-12-26-59)51-81(85)82-52-68(40-46-86(82)88)60-27-13-4-14-28-60;1-2/h1-56H;1-2H3. The van der Waals surface area contributed by atoms with Gasteiger partial charge in [-0.3, -0.25) is 0 Å². The molecule has 17 aromatic rings. The molecule has 0 N–H and O–H groups in total. The molecule has 0 atom stereocenters. The molecule has 0 aliphatic rings. The highest BCUT2D eigenvalue weighted by molar-refractivity contribution is 6.18. The summed E-state index contributed by atoms with van der Waals surface area (Å²) in [6, 6.07) is 125. The van der Waals surface area contributed by atoms with Gasteiger partial charge in [0, 0.05) is 32.9 Å². The fourth-order valence-corrected chi connectivity index (χ4v) is 13.8. The maximum absolute atomic E-state index is 2.46. The van der Waals surface area contributed by atoms with E-state index in [1.54, 1.807) is 0 Å². The molecule has 424 valence electrons. The molecule has 0 aliphatic heterocycles. The SMILES string of the molecule is CC.c1ccc(-c2ccc3c(c2)c2cc(-c4ccccc4)ccc2n3-c2cccc(-c3cc(-c4ccccc4)c4ccc5c(-c6ccccc6)cc(-c6cccc(-n7c8ccc(-c9ccccc9)cc8c8cc(-c9ccccc9)ccc87)c6)cc5c4c3)c2)cc1. The normalized spacial score (nSPS) is 11.4. The molecule has 2 nitrogen and oxygen atoms in total. The van der Waals surface area contributed by atoms with Crippen LogP contribution in [0.25, 0.3) is 166 Å². The minimum Gasteiger partial charge on any atom is -0.309 e. The second-order valence-corrected chi connectivity index (χ2v) is 23.2. The van der Waals surface area contributed by atoms with Crippen molar-refractivity contribution < 1.29 is 0 Å². The van der Waals surface area contributed by atoms with Gasteiger partial charge in [-0.05, 0) is 208 Å². The van der Waals surface area contributed by atoms with Gasteiger partial charge in [0.15, 0.2) is 0 Å². The third-order valence-electron chi connectivity index (χ3n) is 18.1. The number of aromatic nitrogens is 2. The van der Waals surface area contributed by atoms with Gasteiger partial charge < -0.3 is 9.13 Å². The summed E-state index contributed by atoms with van der Waals surface area (Å²) in [5.41, 5.74) is 25.9. The second kappa shape index (κ2) is 22.9. The second-order valence-electron chi connectivity index (χ2n) is 23.2. The topological polar surface area (TPSA) is 9.86 Å². The van der Waals surface area contributed by atoms with Gasteiger partial charge in [0.1, 0.15) is 0 Å². The molecule has 0 saturated carbocycles. The molecular weight excluding hydrogens is 1080 g/mol. The number of rotatable bonds is 10. The van der Waals surface area contributed by atoms with Crippen LogP contribution in [0.4, 0.5) is 0 Å². The monoisotopic (exact) mass is 1150 g/mol. The predicted molar refractivity (Wildman–Crippen MR) is 385 cm³/mol. The molecule has 0 saturated heterocycles. The molecule has 0 spiro atoms. The van der Waals surface area contributed by atoms with Gasteiger partial charge in [0.2, 0.25) is 0 Å². The molecule has 0 fully saturated rings. The molecule has 2 heteroatoms. The van der Waals surface area contributed by atoms with E-state index in [1.165, 1.54) is 132 Å². The molecule has 2 heterocycles. The van der Waals surface area contributed by atoms with E-state index in [0.29, 0.717) is 0 Å². The number of fused-ring (bicyclic) bond motifs is 9. The van der Waals surface area contributed by atoms with Crippen molar-refractivity contribution in [2.24, 2.45) is 0 Å². The zero-order valence-electron chi connectivity index (χ0n) is 50.2. The number of nitrogens with zero attached hydrogens (tertiary/aromatic N) is 2. The van der Waals surface area contributed by atoms with Gasteiger partial charge in [0.05, 0.1) is 22.1 Å². The van der Waals surface area contributed by atoms with Crippen molar-refractivity contribution in [2.45, 2.75) is 13.8 Å². The highest BCUT2D eigenvalue weighted by Gasteiger charge is 2.21. The van der Waals surface area contributed by atoms with Crippen LogP contribution in [0.15, 0.2) is 340 Å². The van der Waals surface area contributed by atoms with Crippen LogP contribution >= 0.6 is 0 Å². The highest BCUT2D eigenvalue weighted by Crippen LogP contribution is 2.45. The molecular formula is C88H62N2. The lowest BCUT2D eigenvalue weighted by atomic mass is 9.87. The van der Waals surface area contributed by atoms with Crippen LogP contribution in [-0.4, -0.2) is 9.13 Å². The van der Waals surface area contributed by atoms with Crippen LogP contribution < -0.4 is 0 Å². The predicted octanol–water partition coefficient (Wildman–Crippen LogP) is 24.5. The molecule has 0 aliphatic carbocycles. The Morgan fingerprint density at radius 3 is 0.689 bits per heavy atom. The van der Waals surface area contributed by atoms with Gasteiger partial charge in [-0.1, -0.05) is 257 Å². The van der Waals surface area contributed by atoms with Gasteiger partial charge in [-0.15, -0.1) is 0 Å². The molecule has 2 aromatic heterocycles. The Labute approximate surface area is 525 Å². The summed E-state index contributed by atoms with van der Waals surface area (Å²) in [6.45, 7) is 4.00. The summed E-state index contributed by atoms with van der Waals surface area (Å²) in [7, 11) is 0. The third-order valence-corrected chi connectivity index (χ3v) is 18.1. The smallest absolute Gasteiger partial charge is 0.0541 e.